The Balaban J connectivity index is 2.21. The number of aryl methyl sites for hydroxylation is 1. The first kappa shape index (κ1) is 15.0. The molecule has 0 fully saturated rings. The van der Waals surface area contributed by atoms with E-state index >= 15 is 0 Å². The molecule has 0 saturated carbocycles. The summed E-state index contributed by atoms with van der Waals surface area (Å²) < 4.78 is 1.63. The van der Waals surface area contributed by atoms with Gasteiger partial charge in [0.05, 0.1) is 6.20 Å². The molecule has 8 heteroatoms. The summed E-state index contributed by atoms with van der Waals surface area (Å²) >= 11 is 0. The van der Waals surface area contributed by atoms with Crippen molar-refractivity contribution in [3.8, 4) is 0 Å². The van der Waals surface area contributed by atoms with E-state index < -0.39 is 0 Å². The van der Waals surface area contributed by atoms with Gasteiger partial charge in [0, 0.05) is 39.2 Å². The highest BCUT2D eigenvalue weighted by atomic mass is 15.3. The van der Waals surface area contributed by atoms with Crippen molar-refractivity contribution in [2.75, 3.05) is 30.0 Å². The highest BCUT2D eigenvalue weighted by Crippen LogP contribution is 2.16. The van der Waals surface area contributed by atoms with E-state index in [9.17, 15) is 0 Å². The first-order valence-corrected chi connectivity index (χ1v) is 6.82. The van der Waals surface area contributed by atoms with E-state index in [1.165, 1.54) is 0 Å². The Kier molecular flexibility index (Phi) is 4.25. The van der Waals surface area contributed by atoms with Gasteiger partial charge in [0.1, 0.15) is 11.6 Å². The van der Waals surface area contributed by atoms with Crippen LogP contribution in [0.4, 0.5) is 17.7 Å². The van der Waals surface area contributed by atoms with E-state index in [-0.39, 0.29) is 5.92 Å². The number of aromatic nitrogens is 5. The van der Waals surface area contributed by atoms with Crippen LogP contribution < -0.4 is 16.0 Å². The van der Waals surface area contributed by atoms with Gasteiger partial charge in [-0.05, 0) is 0 Å². The third-order valence-corrected chi connectivity index (χ3v) is 3.06. The minimum atomic E-state index is 0.232. The molecule has 0 aliphatic heterocycles. The van der Waals surface area contributed by atoms with Crippen LogP contribution in [-0.2, 0) is 13.6 Å². The Morgan fingerprint density at radius 1 is 1.29 bits per heavy atom. The number of nitrogens with two attached hydrogens (primary N) is 1. The lowest BCUT2D eigenvalue weighted by Gasteiger charge is -2.14. The topological polar surface area (TPSA) is 97.8 Å². The molecule has 0 aliphatic rings. The average molecular weight is 290 g/mol. The van der Waals surface area contributed by atoms with Crippen LogP contribution in [0.2, 0.25) is 0 Å². The van der Waals surface area contributed by atoms with Gasteiger partial charge in [-0.25, -0.2) is 0 Å². The van der Waals surface area contributed by atoms with Gasteiger partial charge in [0.15, 0.2) is 0 Å². The average Bonchev–Trinajstić information content (AvgIpc) is 2.76. The molecule has 0 radical (unpaired) electrons. The molecule has 114 valence electrons. The number of nitrogens with one attached hydrogen (secondary N) is 1. The summed E-state index contributed by atoms with van der Waals surface area (Å²) in [7, 11) is 5.62. The fourth-order valence-corrected chi connectivity index (χ4v) is 1.72. The van der Waals surface area contributed by atoms with Crippen LogP contribution in [0, 0.1) is 0 Å². The molecule has 2 heterocycles. The zero-order valence-corrected chi connectivity index (χ0v) is 13.1. The molecule has 0 amide bonds. The van der Waals surface area contributed by atoms with Crippen molar-refractivity contribution in [3.05, 3.63) is 17.6 Å². The zero-order valence-electron chi connectivity index (χ0n) is 13.1. The van der Waals surface area contributed by atoms with Crippen molar-refractivity contribution in [1.29, 1.82) is 0 Å². The standard InChI is InChI=1S/C13H22N8/c1-8(2)11-17-12(19-13(18-11)20(3)4)15-6-9-7-16-21(5)10(9)14/h7-8H,6,14H2,1-5H3,(H,15,17,18,19). The van der Waals surface area contributed by atoms with Gasteiger partial charge in [-0.3, -0.25) is 4.68 Å². The van der Waals surface area contributed by atoms with Crippen LogP contribution >= 0.6 is 0 Å². The number of hydrogen-bond acceptors (Lipinski definition) is 7. The quantitative estimate of drug-likeness (QED) is 0.847. The second kappa shape index (κ2) is 5.94. The third-order valence-electron chi connectivity index (χ3n) is 3.06. The molecule has 2 rings (SSSR count). The molecule has 21 heavy (non-hydrogen) atoms. The van der Waals surface area contributed by atoms with Gasteiger partial charge >= 0.3 is 0 Å². The normalized spacial score (nSPS) is 11.0. The van der Waals surface area contributed by atoms with Gasteiger partial charge < -0.3 is 16.0 Å². The Morgan fingerprint density at radius 3 is 2.52 bits per heavy atom. The number of nitrogens with zero attached hydrogens (tertiary/aromatic N) is 6. The van der Waals surface area contributed by atoms with Crippen LogP contribution in [-0.4, -0.2) is 38.8 Å². The molecule has 2 aromatic heterocycles. The molecule has 0 spiro atoms. The van der Waals surface area contributed by atoms with E-state index in [1.54, 1.807) is 10.9 Å². The Labute approximate surface area is 124 Å². The van der Waals surface area contributed by atoms with E-state index in [4.69, 9.17) is 5.73 Å². The van der Waals surface area contributed by atoms with Crippen LogP contribution in [0.15, 0.2) is 6.20 Å². The molecule has 2 aromatic rings. The minimum Gasteiger partial charge on any atom is -0.384 e. The largest absolute Gasteiger partial charge is 0.384 e. The predicted octanol–water partition coefficient (Wildman–Crippen LogP) is 0.989. The first-order chi connectivity index (χ1) is 9.88. The van der Waals surface area contributed by atoms with Crippen molar-refractivity contribution in [1.82, 2.24) is 24.7 Å². The Bertz CT molecular complexity index is 590. The lowest BCUT2D eigenvalue weighted by Crippen LogP contribution is -2.17. The van der Waals surface area contributed by atoms with Gasteiger partial charge in [0.2, 0.25) is 11.9 Å². The molecule has 0 saturated heterocycles. The fourth-order valence-electron chi connectivity index (χ4n) is 1.72. The zero-order chi connectivity index (χ0) is 15.6. The summed E-state index contributed by atoms with van der Waals surface area (Å²) in [4.78, 5) is 15.1. The maximum Gasteiger partial charge on any atom is 0.229 e. The minimum absolute atomic E-state index is 0.232. The van der Waals surface area contributed by atoms with Crippen LogP contribution in [0.25, 0.3) is 0 Å². The van der Waals surface area contributed by atoms with Gasteiger partial charge in [-0.15, -0.1) is 0 Å². The number of hydrogen-bond donors (Lipinski definition) is 2. The highest BCUT2D eigenvalue weighted by molar-refractivity contribution is 5.42. The van der Waals surface area contributed by atoms with Crippen molar-refractivity contribution >= 4 is 17.7 Å². The molecule has 0 unspecified atom stereocenters. The molecular weight excluding hydrogens is 268 g/mol. The van der Waals surface area contributed by atoms with E-state index in [0.29, 0.717) is 24.3 Å². The van der Waals surface area contributed by atoms with Crippen LogP contribution in [0.1, 0.15) is 31.2 Å². The van der Waals surface area contributed by atoms with Crippen molar-refractivity contribution in [3.63, 3.8) is 0 Å². The fraction of sp³-hybridized carbons (Fsp3) is 0.538. The van der Waals surface area contributed by atoms with Crippen LogP contribution in [0.5, 0.6) is 0 Å². The molecule has 8 nitrogen and oxygen atoms in total. The predicted molar refractivity (Wildman–Crippen MR) is 83.2 cm³/mol. The number of anilines is 3. The summed E-state index contributed by atoms with van der Waals surface area (Å²) in [6.45, 7) is 4.63. The summed E-state index contributed by atoms with van der Waals surface area (Å²) in [6.07, 6.45) is 1.74. The molecule has 0 atom stereocenters. The van der Waals surface area contributed by atoms with Gasteiger partial charge in [-0.1, -0.05) is 13.8 Å². The maximum atomic E-state index is 5.92. The van der Waals surface area contributed by atoms with E-state index in [0.717, 1.165) is 11.4 Å². The molecule has 0 aromatic carbocycles. The van der Waals surface area contributed by atoms with Crippen molar-refractivity contribution < 1.29 is 0 Å². The van der Waals surface area contributed by atoms with Gasteiger partial charge in [-0.2, -0.15) is 20.1 Å². The van der Waals surface area contributed by atoms with Gasteiger partial charge in [0.25, 0.3) is 0 Å². The molecule has 0 bridgehead atoms. The summed E-state index contributed by atoms with van der Waals surface area (Å²) in [5.74, 6) is 2.80. The van der Waals surface area contributed by atoms with Crippen molar-refractivity contribution in [2.24, 2.45) is 7.05 Å². The molecular formula is C13H22N8. The second-order valence-electron chi connectivity index (χ2n) is 5.40. The monoisotopic (exact) mass is 290 g/mol. The van der Waals surface area contributed by atoms with Crippen LogP contribution in [0.3, 0.4) is 0 Å². The third kappa shape index (κ3) is 3.39. The summed E-state index contributed by atoms with van der Waals surface area (Å²) in [5, 5.41) is 7.29. The lowest BCUT2D eigenvalue weighted by molar-refractivity contribution is 0.754. The summed E-state index contributed by atoms with van der Waals surface area (Å²) in [6, 6.07) is 0. The van der Waals surface area contributed by atoms with E-state index in [1.807, 2.05) is 26.0 Å². The highest BCUT2D eigenvalue weighted by Gasteiger charge is 2.11. The smallest absolute Gasteiger partial charge is 0.229 e. The second-order valence-corrected chi connectivity index (χ2v) is 5.40. The Hall–Kier alpha value is -2.38. The maximum absolute atomic E-state index is 5.92. The lowest BCUT2D eigenvalue weighted by atomic mass is 10.2. The Morgan fingerprint density at radius 2 is 2.00 bits per heavy atom. The number of rotatable bonds is 5. The molecule has 0 aliphatic carbocycles. The van der Waals surface area contributed by atoms with E-state index in [2.05, 4.69) is 39.2 Å². The first-order valence-electron chi connectivity index (χ1n) is 6.82. The summed E-state index contributed by atoms with van der Waals surface area (Å²) in [5.41, 5.74) is 6.83. The number of nitrogen functional groups attached to an aromatic ring is 1. The van der Waals surface area contributed by atoms with Crippen molar-refractivity contribution in [2.45, 2.75) is 26.3 Å². The molecule has 3 N–H and O–H groups in total. The SMILES string of the molecule is CC(C)c1nc(NCc2cnn(C)c2N)nc(N(C)C)n1.